The van der Waals surface area contributed by atoms with Crippen LogP contribution < -0.4 is 4.74 Å². The molecule has 1 aromatic rings. The SMILES string of the molecule is CC1CCCC(N(C)CCOc2cccc(Br)c2)C1. The maximum Gasteiger partial charge on any atom is 0.120 e. The number of benzene rings is 1. The molecule has 2 nitrogen and oxygen atoms in total. The summed E-state index contributed by atoms with van der Waals surface area (Å²) in [4.78, 5) is 2.47. The van der Waals surface area contributed by atoms with Crippen molar-refractivity contribution in [1.82, 2.24) is 4.90 Å². The lowest BCUT2D eigenvalue weighted by Gasteiger charge is -2.34. The summed E-state index contributed by atoms with van der Waals surface area (Å²) in [6.07, 6.45) is 5.46. The van der Waals surface area contributed by atoms with E-state index in [1.807, 2.05) is 24.3 Å². The lowest BCUT2D eigenvalue weighted by molar-refractivity contribution is 0.141. The molecule has 0 N–H and O–H groups in total. The maximum atomic E-state index is 5.80. The number of likely N-dealkylation sites (N-methyl/N-ethyl adjacent to an activating group) is 1. The first-order valence-electron chi connectivity index (χ1n) is 7.24. The molecule has 106 valence electrons. The number of rotatable bonds is 5. The number of ether oxygens (including phenoxy) is 1. The number of hydrogen-bond acceptors (Lipinski definition) is 2. The summed E-state index contributed by atoms with van der Waals surface area (Å²) in [6.45, 7) is 4.14. The maximum absolute atomic E-state index is 5.80. The molecule has 0 bridgehead atoms. The molecule has 0 radical (unpaired) electrons. The Morgan fingerprint density at radius 2 is 2.21 bits per heavy atom. The van der Waals surface area contributed by atoms with Gasteiger partial charge < -0.3 is 9.64 Å². The first kappa shape index (κ1) is 14.9. The second kappa shape index (κ2) is 7.30. The Labute approximate surface area is 125 Å². The summed E-state index contributed by atoms with van der Waals surface area (Å²) < 4.78 is 6.87. The molecule has 19 heavy (non-hydrogen) atoms. The van der Waals surface area contributed by atoms with Crippen LogP contribution in [0.25, 0.3) is 0 Å². The first-order valence-corrected chi connectivity index (χ1v) is 8.03. The second-order valence-corrected chi connectivity index (χ2v) is 6.63. The predicted molar refractivity (Wildman–Crippen MR) is 83.7 cm³/mol. The number of halogens is 1. The van der Waals surface area contributed by atoms with Crippen LogP contribution in [0.15, 0.2) is 28.7 Å². The average Bonchev–Trinajstić information content (AvgIpc) is 2.38. The Bertz CT molecular complexity index is 396. The lowest BCUT2D eigenvalue weighted by Crippen LogP contribution is -2.37. The second-order valence-electron chi connectivity index (χ2n) is 5.71. The first-order chi connectivity index (χ1) is 9.15. The van der Waals surface area contributed by atoms with Crippen LogP contribution in [0.5, 0.6) is 5.75 Å². The molecular weight excluding hydrogens is 302 g/mol. The van der Waals surface area contributed by atoms with Gasteiger partial charge in [-0.2, -0.15) is 0 Å². The molecule has 2 rings (SSSR count). The van der Waals surface area contributed by atoms with Crippen LogP contribution in [0.1, 0.15) is 32.6 Å². The van der Waals surface area contributed by atoms with E-state index < -0.39 is 0 Å². The lowest BCUT2D eigenvalue weighted by atomic mass is 9.86. The molecule has 1 aliphatic rings. The van der Waals surface area contributed by atoms with Crippen LogP contribution in [-0.2, 0) is 0 Å². The minimum atomic E-state index is 0.745. The zero-order valence-electron chi connectivity index (χ0n) is 11.9. The van der Waals surface area contributed by atoms with Gasteiger partial charge in [-0.1, -0.05) is 41.8 Å². The quantitative estimate of drug-likeness (QED) is 0.798. The van der Waals surface area contributed by atoms with Crippen LogP contribution in [0.3, 0.4) is 0 Å². The molecule has 0 spiro atoms. The molecule has 0 amide bonds. The van der Waals surface area contributed by atoms with Crippen molar-refractivity contribution in [2.24, 2.45) is 5.92 Å². The van der Waals surface area contributed by atoms with Crippen LogP contribution in [0.4, 0.5) is 0 Å². The minimum Gasteiger partial charge on any atom is -0.492 e. The van der Waals surface area contributed by atoms with E-state index in [-0.39, 0.29) is 0 Å². The zero-order valence-corrected chi connectivity index (χ0v) is 13.5. The fourth-order valence-corrected chi connectivity index (χ4v) is 3.23. The molecule has 2 atom stereocenters. The summed E-state index contributed by atoms with van der Waals surface area (Å²) >= 11 is 3.46. The van der Waals surface area contributed by atoms with E-state index in [2.05, 4.69) is 34.8 Å². The molecule has 0 heterocycles. The van der Waals surface area contributed by atoms with E-state index in [0.717, 1.165) is 35.3 Å². The summed E-state index contributed by atoms with van der Waals surface area (Å²) in [5, 5.41) is 0. The molecule has 1 saturated carbocycles. The van der Waals surface area contributed by atoms with Crippen LogP contribution in [0, 0.1) is 5.92 Å². The Hall–Kier alpha value is -0.540. The van der Waals surface area contributed by atoms with Gasteiger partial charge >= 0.3 is 0 Å². The van der Waals surface area contributed by atoms with Crippen LogP contribution in [0.2, 0.25) is 0 Å². The molecule has 3 heteroatoms. The van der Waals surface area contributed by atoms with Gasteiger partial charge in [-0.15, -0.1) is 0 Å². The van der Waals surface area contributed by atoms with Gasteiger partial charge in [0.15, 0.2) is 0 Å². The van der Waals surface area contributed by atoms with E-state index in [9.17, 15) is 0 Å². The van der Waals surface area contributed by atoms with Crippen molar-refractivity contribution in [3.05, 3.63) is 28.7 Å². The monoisotopic (exact) mass is 325 g/mol. The Morgan fingerprint density at radius 3 is 2.95 bits per heavy atom. The summed E-state index contributed by atoms with van der Waals surface area (Å²) in [7, 11) is 2.23. The van der Waals surface area contributed by atoms with E-state index in [1.54, 1.807) is 0 Å². The van der Waals surface area contributed by atoms with E-state index in [4.69, 9.17) is 4.74 Å². The fraction of sp³-hybridized carbons (Fsp3) is 0.625. The van der Waals surface area contributed by atoms with Crippen molar-refractivity contribution in [3.63, 3.8) is 0 Å². The molecule has 0 aliphatic heterocycles. The van der Waals surface area contributed by atoms with E-state index in [0.29, 0.717) is 0 Å². The van der Waals surface area contributed by atoms with Crippen molar-refractivity contribution in [3.8, 4) is 5.75 Å². The van der Waals surface area contributed by atoms with Crippen molar-refractivity contribution < 1.29 is 4.74 Å². The molecule has 1 fully saturated rings. The van der Waals surface area contributed by atoms with Crippen molar-refractivity contribution >= 4 is 15.9 Å². The molecule has 1 aliphatic carbocycles. The van der Waals surface area contributed by atoms with Gasteiger partial charge in [0.1, 0.15) is 12.4 Å². The molecule has 1 aromatic carbocycles. The third kappa shape index (κ3) is 4.81. The highest BCUT2D eigenvalue weighted by atomic mass is 79.9. The van der Waals surface area contributed by atoms with Crippen molar-refractivity contribution in [2.75, 3.05) is 20.2 Å². The van der Waals surface area contributed by atoms with Gasteiger partial charge in [0, 0.05) is 17.1 Å². The van der Waals surface area contributed by atoms with Gasteiger partial charge in [0.05, 0.1) is 0 Å². The fourth-order valence-electron chi connectivity index (χ4n) is 2.85. The normalized spacial score (nSPS) is 23.6. The van der Waals surface area contributed by atoms with Crippen molar-refractivity contribution in [1.29, 1.82) is 0 Å². The van der Waals surface area contributed by atoms with Crippen LogP contribution in [-0.4, -0.2) is 31.1 Å². The summed E-state index contributed by atoms with van der Waals surface area (Å²) in [5.41, 5.74) is 0. The Morgan fingerprint density at radius 1 is 1.37 bits per heavy atom. The predicted octanol–water partition coefficient (Wildman–Crippen LogP) is 4.34. The highest BCUT2D eigenvalue weighted by Crippen LogP contribution is 2.26. The number of hydrogen-bond donors (Lipinski definition) is 0. The van der Waals surface area contributed by atoms with Crippen LogP contribution >= 0.6 is 15.9 Å². The van der Waals surface area contributed by atoms with Gasteiger partial charge in [-0.05, 0) is 44.0 Å². The zero-order chi connectivity index (χ0) is 13.7. The smallest absolute Gasteiger partial charge is 0.120 e. The molecule has 0 aromatic heterocycles. The minimum absolute atomic E-state index is 0.745. The highest BCUT2D eigenvalue weighted by molar-refractivity contribution is 9.10. The Balaban J connectivity index is 1.73. The standard InChI is InChI=1S/C16H24BrNO/c1-13-5-3-7-15(11-13)18(2)9-10-19-16-8-4-6-14(17)12-16/h4,6,8,12-13,15H,3,5,7,9-11H2,1-2H3. The highest BCUT2D eigenvalue weighted by Gasteiger charge is 2.21. The third-order valence-electron chi connectivity index (χ3n) is 4.04. The van der Waals surface area contributed by atoms with Gasteiger partial charge in [0.25, 0.3) is 0 Å². The summed E-state index contributed by atoms with van der Waals surface area (Å²) in [6, 6.07) is 8.79. The van der Waals surface area contributed by atoms with E-state index in [1.165, 1.54) is 25.7 Å². The molecule has 0 saturated heterocycles. The largest absolute Gasteiger partial charge is 0.492 e. The van der Waals surface area contributed by atoms with Gasteiger partial charge in [-0.3, -0.25) is 0 Å². The molecular formula is C16H24BrNO. The number of nitrogens with zero attached hydrogens (tertiary/aromatic N) is 1. The topological polar surface area (TPSA) is 12.5 Å². The molecule has 2 unspecified atom stereocenters. The Kier molecular flexibility index (Phi) is 5.71. The van der Waals surface area contributed by atoms with Crippen molar-refractivity contribution in [2.45, 2.75) is 38.6 Å². The van der Waals surface area contributed by atoms with Gasteiger partial charge in [0.2, 0.25) is 0 Å². The summed E-state index contributed by atoms with van der Waals surface area (Å²) in [5.74, 6) is 1.83. The average molecular weight is 326 g/mol. The van der Waals surface area contributed by atoms with Gasteiger partial charge in [-0.25, -0.2) is 0 Å². The third-order valence-corrected chi connectivity index (χ3v) is 4.53. The van der Waals surface area contributed by atoms with E-state index >= 15 is 0 Å².